The number of hydrogen-bond acceptors (Lipinski definition) is 3. The molecule has 0 unspecified atom stereocenters. The fourth-order valence-corrected chi connectivity index (χ4v) is 1.27. The van der Waals surface area contributed by atoms with Crippen LogP contribution in [0.3, 0.4) is 0 Å². The van der Waals surface area contributed by atoms with Crippen LogP contribution in [0.1, 0.15) is 23.6 Å². The second-order valence-electron chi connectivity index (χ2n) is 3.27. The lowest BCUT2D eigenvalue weighted by Crippen LogP contribution is -2.15. The fourth-order valence-electron chi connectivity index (χ4n) is 1.27. The van der Waals surface area contributed by atoms with Crippen LogP contribution in [0.4, 0.5) is 0 Å². The highest BCUT2D eigenvalue weighted by Crippen LogP contribution is 2.25. The summed E-state index contributed by atoms with van der Waals surface area (Å²) in [4.78, 5) is 10.4. The first-order chi connectivity index (χ1) is 6.50. The predicted molar refractivity (Wildman–Crippen MR) is 52.0 cm³/mol. The molecule has 0 fully saturated rings. The van der Waals surface area contributed by atoms with E-state index >= 15 is 0 Å². The minimum absolute atomic E-state index is 0.0544. The van der Waals surface area contributed by atoms with Crippen LogP contribution in [0.25, 0.3) is 0 Å². The summed E-state index contributed by atoms with van der Waals surface area (Å²) < 4.78 is 0. The zero-order chi connectivity index (χ0) is 10.7. The zero-order valence-electron chi connectivity index (χ0n) is 7.90. The Morgan fingerprint density at radius 1 is 1.57 bits per heavy atom. The maximum atomic E-state index is 10.4. The van der Waals surface area contributed by atoms with Gasteiger partial charge in [-0.25, -0.2) is 0 Å². The molecule has 0 aliphatic heterocycles. The monoisotopic (exact) mass is 195 g/mol. The summed E-state index contributed by atoms with van der Waals surface area (Å²) >= 11 is 0. The van der Waals surface area contributed by atoms with Gasteiger partial charge in [0.2, 0.25) is 0 Å². The summed E-state index contributed by atoms with van der Waals surface area (Å²) in [6.45, 7) is 1.84. The van der Waals surface area contributed by atoms with Crippen molar-refractivity contribution >= 4 is 5.97 Å². The molecule has 1 aromatic carbocycles. The Balaban J connectivity index is 2.90. The normalized spacial score (nSPS) is 12.4. The van der Waals surface area contributed by atoms with E-state index in [1.54, 1.807) is 18.2 Å². The third-order valence-electron chi connectivity index (χ3n) is 1.98. The van der Waals surface area contributed by atoms with Gasteiger partial charge < -0.3 is 15.9 Å². The highest BCUT2D eigenvalue weighted by molar-refractivity contribution is 5.68. The van der Waals surface area contributed by atoms with Gasteiger partial charge in [-0.2, -0.15) is 0 Å². The molecule has 0 saturated heterocycles. The lowest BCUT2D eigenvalue weighted by Gasteiger charge is -2.11. The van der Waals surface area contributed by atoms with Gasteiger partial charge in [0.1, 0.15) is 5.75 Å². The third kappa shape index (κ3) is 2.47. The quantitative estimate of drug-likeness (QED) is 0.676. The van der Waals surface area contributed by atoms with E-state index in [9.17, 15) is 9.90 Å². The van der Waals surface area contributed by atoms with Crippen LogP contribution in [-0.2, 0) is 4.79 Å². The third-order valence-corrected chi connectivity index (χ3v) is 1.98. The Kier molecular flexibility index (Phi) is 3.09. The number of phenolic OH excluding ortho intramolecular Hbond substituents is 1. The molecule has 1 rings (SSSR count). The van der Waals surface area contributed by atoms with Crippen molar-refractivity contribution in [1.82, 2.24) is 0 Å². The number of aryl methyl sites for hydroxylation is 1. The van der Waals surface area contributed by atoms with Gasteiger partial charge in [0.05, 0.1) is 6.42 Å². The number of aliphatic carboxylic acids is 1. The van der Waals surface area contributed by atoms with Crippen molar-refractivity contribution in [1.29, 1.82) is 0 Å². The van der Waals surface area contributed by atoms with Gasteiger partial charge in [0.15, 0.2) is 0 Å². The molecule has 0 heterocycles. The van der Waals surface area contributed by atoms with Gasteiger partial charge in [0, 0.05) is 11.6 Å². The number of phenols is 1. The first-order valence-corrected chi connectivity index (χ1v) is 4.27. The number of carboxylic acid groups (broad SMARTS) is 1. The summed E-state index contributed by atoms with van der Waals surface area (Å²) in [6.07, 6.45) is -0.184. The molecule has 4 nitrogen and oxygen atoms in total. The zero-order valence-corrected chi connectivity index (χ0v) is 7.90. The molecular weight excluding hydrogens is 182 g/mol. The number of rotatable bonds is 3. The average molecular weight is 195 g/mol. The van der Waals surface area contributed by atoms with Gasteiger partial charge >= 0.3 is 5.97 Å². The molecule has 14 heavy (non-hydrogen) atoms. The van der Waals surface area contributed by atoms with Gasteiger partial charge in [0.25, 0.3) is 0 Å². The number of aromatic hydroxyl groups is 1. The number of nitrogens with two attached hydrogens (primary N) is 1. The molecule has 0 radical (unpaired) electrons. The highest BCUT2D eigenvalue weighted by atomic mass is 16.4. The number of carboxylic acids is 1. The Labute approximate surface area is 82.0 Å². The molecule has 0 aromatic heterocycles. The van der Waals surface area contributed by atoms with E-state index in [1.807, 2.05) is 6.92 Å². The minimum Gasteiger partial charge on any atom is -0.508 e. The largest absolute Gasteiger partial charge is 0.508 e. The molecule has 1 aromatic rings. The molecule has 0 saturated carbocycles. The van der Waals surface area contributed by atoms with Crippen LogP contribution in [0.2, 0.25) is 0 Å². The van der Waals surface area contributed by atoms with Crippen LogP contribution < -0.4 is 5.73 Å². The highest BCUT2D eigenvalue weighted by Gasteiger charge is 2.13. The van der Waals surface area contributed by atoms with Crippen LogP contribution >= 0.6 is 0 Å². The Hall–Kier alpha value is -1.55. The molecule has 1 atom stereocenters. The van der Waals surface area contributed by atoms with Crippen LogP contribution in [-0.4, -0.2) is 16.2 Å². The Bertz CT molecular complexity index is 349. The second kappa shape index (κ2) is 4.11. The van der Waals surface area contributed by atoms with E-state index in [0.717, 1.165) is 5.56 Å². The summed E-state index contributed by atoms with van der Waals surface area (Å²) in [5.41, 5.74) is 6.99. The Morgan fingerprint density at radius 3 is 2.71 bits per heavy atom. The summed E-state index contributed by atoms with van der Waals surface area (Å²) in [5, 5.41) is 18.0. The van der Waals surface area contributed by atoms with Crippen LogP contribution in [0, 0.1) is 6.92 Å². The van der Waals surface area contributed by atoms with Crippen molar-refractivity contribution in [3.8, 4) is 5.75 Å². The predicted octanol–water partition coefficient (Wildman–Crippen LogP) is 1.18. The van der Waals surface area contributed by atoms with E-state index in [4.69, 9.17) is 10.8 Å². The molecule has 0 spiro atoms. The van der Waals surface area contributed by atoms with E-state index in [2.05, 4.69) is 0 Å². The van der Waals surface area contributed by atoms with Gasteiger partial charge in [-0.05, 0) is 18.6 Å². The van der Waals surface area contributed by atoms with Crippen molar-refractivity contribution in [2.24, 2.45) is 5.73 Å². The lowest BCUT2D eigenvalue weighted by molar-refractivity contribution is -0.137. The topological polar surface area (TPSA) is 83.6 Å². The Morgan fingerprint density at radius 2 is 2.21 bits per heavy atom. The summed E-state index contributed by atoms with van der Waals surface area (Å²) in [7, 11) is 0. The molecule has 0 amide bonds. The van der Waals surface area contributed by atoms with Crippen molar-refractivity contribution < 1.29 is 15.0 Å². The first kappa shape index (κ1) is 10.5. The van der Waals surface area contributed by atoms with Gasteiger partial charge in [-0.1, -0.05) is 12.1 Å². The standard InChI is InChI=1S/C10H13NO3/c1-6-2-3-7(9(12)4-6)8(11)5-10(13)14/h2-4,8,12H,5,11H2,1H3,(H,13,14)/t8-/m0/s1. The van der Waals surface area contributed by atoms with Gasteiger partial charge in [-0.15, -0.1) is 0 Å². The molecule has 0 aliphatic carbocycles. The summed E-state index contributed by atoms with van der Waals surface area (Å²) in [6, 6.07) is 4.35. The smallest absolute Gasteiger partial charge is 0.305 e. The van der Waals surface area contributed by atoms with Crippen molar-refractivity contribution in [3.63, 3.8) is 0 Å². The summed E-state index contributed by atoms with van der Waals surface area (Å²) in [5.74, 6) is -0.920. The van der Waals surface area contributed by atoms with Crippen molar-refractivity contribution in [2.45, 2.75) is 19.4 Å². The molecule has 0 bridgehead atoms. The molecule has 0 aliphatic rings. The molecule has 76 valence electrons. The maximum absolute atomic E-state index is 10.4. The van der Waals surface area contributed by atoms with Crippen LogP contribution in [0.15, 0.2) is 18.2 Å². The second-order valence-corrected chi connectivity index (χ2v) is 3.27. The average Bonchev–Trinajstić information content (AvgIpc) is 2.01. The van der Waals surface area contributed by atoms with Crippen molar-refractivity contribution in [2.75, 3.05) is 0 Å². The lowest BCUT2D eigenvalue weighted by atomic mass is 10.0. The van der Waals surface area contributed by atoms with Crippen molar-refractivity contribution in [3.05, 3.63) is 29.3 Å². The molecule has 4 heteroatoms. The van der Waals surface area contributed by atoms with Gasteiger partial charge in [-0.3, -0.25) is 4.79 Å². The maximum Gasteiger partial charge on any atom is 0.305 e. The van der Waals surface area contributed by atoms with E-state index in [0.29, 0.717) is 5.56 Å². The number of benzene rings is 1. The van der Waals surface area contributed by atoms with Crippen LogP contribution in [0.5, 0.6) is 5.75 Å². The van der Waals surface area contributed by atoms with E-state index in [1.165, 1.54) is 0 Å². The molecular formula is C10H13NO3. The van der Waals surface area contributed by atoms with E-state index in [-0.39, 0.29) is 12.2 Å². The van der Waals surface area contributed by atoms with E-state index < -0.39 is 12.0 Å². The molecule has 4 N–H and O–H groups in total. The SMILES string of the molecule is Cc1ccc([C@@H](N)CC(=O)O)c(O)c1. The minimum atomic E-state index is -0.975. The number of carbonyl (C=O) groups is 1. The fraction of sp³-hybridized carbons (Fsp3) is 0.300. The number of hydrogen-bond donors (Lipinski definition) is 3. The first-order valence-electron chi connectivity index (χ1n) is 4.27.